The van der Waals surface area contributed by atoms with Gasteiger partial charge in [-0.1, -0.05) is 0 Å². The molecule has 15 heavy (non-hydrogen) atoms. The Hall–Kier alpha value is -1.24. The van der Waals surface area contributed by atoms with E-state index in [1.165, 1.54) is 6.33 Å². The zero-order chi connectivity index (χ0) is 10.8. The molecule has 1 aromatic heterocycles. The van der Waals surface area contributed by atoms with E-state index < -0.39 is 4.92 Å². The Balaban J connectivity index is 2.32. The van der Waals surface area contributed by atoms with E-state index in [4.69, 9.17) is 0 Å². The highest BCUT2D eigenvalue weighted by Gasteiger charge is 2.26. The first-order valence-electron chi connectivity index (χ1n) is 4.68. The number of hydrogen-bond acceptors (Lipinski definition) is 5. The van der Waals surface area contributed by atoms with Gasteiger partial charge in [0.2, 0.25) is 12.1 Å². The van der Waals surface area contributed by atoms with Gasteiger partial charge in [-0.2, -0.15) is 11.8 Å². The average Bonchev–Trinajstić information content (AvgIpc) is 2.61. The van der Waals surface area contributed by atoms with Crippen LogP contribution >= 0.6 is 11.8 Å². The summed E-state index contributed by atoms with van der Waals surface area (Å²) in [4.78, 5) is 16.2. The molecule has 1 aromatic rings. The van der Waals surface area contributed by atoms with Crippen LogP contribution in [0.2, 0.25) is 0 Å². The van der Waals surface area contributed by atoms with Gasteiger partial charge in [-0.15, -0.1) is 0 Å². The van der Waals surface area contributed by atoms with Crippen molar-refractivity contribution >= 4 is 23.4 Å². The summed E-state index contributed by atoms with van der Waals surface area (Å²) >= 11 is 1.87. The van der Waals surface area contributed by atoms with E-state index in [0.29, 0.717) is 5.82 Å². The Kier molecular flexibility index (Phi) is 2.81. The van der Waals surface area contributed by atoms with Crippen LogP contribution < -0.4 is 4.90 Å². The van der Waals surface area contributed by atoms with E-state index >= 15 is 0 Å². The van der Waals surface area contributed by atoms with Crippen LogP contribution in [0, 0.1) is 10.1 Å². The Bertz CT molecular complexity index is 373. The molecule has 0 aliphatic carbocycles. The molecule has 0 atom stereocenters. The Morgan fingerprint density at radius 1 is 1.53 bits per heavy atom. The number of rotatable bonds is 2. The first-order chi connectivity index (χ1) is 7.20. The van der Waals surface area contributed by atoms with Gasteiger partial charge < -0.3 is 15.0 Å². The second-order valence-corrected chi connectivity index (χ2v) is 4.58. The largest absolute Gasteiger partial charge is 0.406 e. The number of nitro groups is 1. The van der Waals surface area contributed by atoms with E-state index in [1.54, 1.807) is 11.6 Å². The van der Waals surface area contributed by atoms with Crippen LogP contribution in [-0.4, -0.2) is 39.1 Å². The van der Waals surface area contributed by atoms with E-state index in [0.717, 1.165) is 24.6 Å². The topological polar surface area (TPSA) is 64.2 Å². The van der Waals surface area contributed by atoms with Gasteiger partial charge in [0.25, 0.3) is 0 Å². The predicted octanol–water partition coefficient (Wildman–Crippen LogP) is 0.881. The molecule has 0 amide bonds. The first-order valence-corrected chi connectivity index (χ1v) is 5.84. The van der Waals surface area contributed by atoms with E-state index in [-0.39, 0.29) is 5.82 Å². The molecular formula is C8H12N4O2S. The summed E-state index contributed by atoms with van der Waals surface area (Å²) in [6, 6.07) is 0. The van der Waals surface area contributed by atoms with Crippen LogP contribution in [-0.2, 0) is 7.05 Å². The number of anilines is 1. The summed E-state index contributed by atoms with van der Waals surface area (Å²) in [6.07, 6.45) is 1.50. The van der Waals surface area contributed by atoms with Gasteiger partial charge in [-0.3, -0.25) is 4.57 Å². The van der Waals surface area contributed by atoms with Gasteiger partial charge in [0.1, 0.15) is 0 Å². The zero-order valence-corrected chi connectivity index (χ0v) is 9.24. The van der Waals surface area contributed by atoms with E-state index in [9.17, 15) is 10.1 Å². The van der Waals surface area contributed by atoms with Crippen molar-refractivity contribution in [2.45, 2.75) is 0 Å². The summed E-state index contributed by atoms with van der Waals surface area (Å²) in [5.74, 6) is 2.62. The van der Waals surface area contributed by atoms with Crippen LogP contribution in [0.5, 0.6) is 0 Å². The summed E-state index contributed by atoms with van der Waals surface area (Å²) in [7, 11) is 1.79. The highest BCUT2D eigenvalue weighted by atomic mass is 32.2. The van der Waals surface area contributed by atoms with E-state index in [1.807, 2.05) is 16.7 Å². The standard InChI is InChI=1S/C8H12N4O2S/c1-10-6-9-7(12(13)14)8(10)11-2-4-15-5-3-11/h6H,2-5H2,1H3. The van der Waals surface area contributed by atoms with Crippen molar-refractivity contribution in [2.24, 2.45) is 7.05 Å². The molecule has 0 unspecified atom stereocenters. The Labute approximate surface area is 91.4 Å². The van der Waals surface area contributed by atoms with Gasteiger partial charge >= 0.3 is 5.82 Å². The fourth-order valence-corrected chi connectivity index (χ4v) is 2.58. The number of hydrogen-bond donors (Lipinski definition) is 0. The summed E-state index contributed by atoms with van der Waals surface area (Å²) in [6.45, 7) is 1.70. The number of aryl methyl sites for hydroxylation is 1. The Morgan fingerprint density at radius 3 is 2.80 bits per heavy atom. The molecule has 0 aromatic carbocycles. The summed E-state index contributed by atoms with van der Waals surface area (Å²) < 4.78 is 1.72. The van der Waals surface area contributed by atoms with Gasteiger partial charge in [-0.05, 0) is 9.91 Å². The van der Waals surface area contributed by atoms with Gasteiger partial charge in [-0.25, -0.2) is 0 Å². The van der Waals surface area contributed by atoms with Gasteiger partial charge in [0.05, 0.1) is 0 Å². The van der Waals surface area contributed by atoms with Crippen molar-refractivity contribution < 1.29 is 4.92 Å². The summed E-state index contributed by atoms with van der Waals surface area (Å²) in [5.41, 5.74) is 0. The second kappa shape index (κ2) is 4.09. The molecule has 1 aliphatic heterocycles. The van der Waals surface area contributed by atoms with Gasteiger partial charge in [0.15, 0.2) is 0 Å². The molecule has 0 spiro atoms. The molecule has 1 fully saturated rings. The number of imidazole rings is 1. The fourth-order valence-electron chi connectivity index (χ4n) is 1.68. The lowest BCUT2D eigenvalue weighted by atomic mass is 10.4. The predicted molar refractivity (Wildman–Crippen MR) is 59.4 cm³/mol. The Morgan fingerprint density at radius 2 is 2.20 bits per heavy atom. The third kappa shape index (κ3) is 1.92. The van der Waals surface area contributed by atoms with Crippen LogP contribution in [0.1, 0.15) is 0 Å². The van der Waals surface area contributed by atoms with Crippen molar-refractivity contribution in [2.75, 3.05) is 29.5 Å². The lowest BCUT2D eigenvalue weighted by molar-refractivity contribution is -0.388. The lowest BCUT2D eigenvalue weighted by Crippen LogP contribution is -2.34. The van der Waals surface area contributed by atoms with Crippen LogP contribution in [0.15, 0.2) is 6.33 Å². The van der Waals surface area contributed by atoms with Crippen molar-refractivity contribution in [3.8, 4) is 0 Å². The molecule has 0 saturated carbocycles. The second-order valence-electron chi connectivity index (χ2n) is 3.36. The third-order valence-corrected chi connectivity index (χ3v) is 3.31. The highest BCUT2D eigenvalue weighted by molar-refractivity contribution is 7.99. The molecule has 2 heterocycles. The minimum absolute atomic E-state index is 0.0376. The number of nitrogens with zero attached hydrogens (tertiary/aromatic N) is 4. The van der Waals surface area contributed by atoms with Crippen molar-refractivity contribution in [1.82, 2.24) is 9.55 Å². The molecule has 0 bridgehead atoms. The van der Waals surface area contributed by atoms with Crippen molar-refractivity contribution in [3.63, 3.8) is 0 Å². The van der Waals surface area contributed by atoms with Crippen LogP contribution in [0.3, 0.4) is 0 Å². The molecule has 6 nitrogen and oxygen atoms in total. The third-order valence-electron chi connectivity index (χ3n) is 2.37. The molecule has 0 radical (unpaired) electrons. The maximum absolute atomic E-state index is 10.8. The van der Waals surface area contributed by atoms with Crippen molar-refractivity contribution in [3.05, 3.63) is 16.4 Å². The first kappa shape index (κ1) is 10.3. The molecule has 82 valence electrons. The average molecular weight is 228 g/mol. The molecule has 0 N–H and O–H groups in total. The molecule has 2 rings (SSSR count). The van der Waals surface area contributed by atoms with Crippen LogP contribution in [0.4, 0.5) is 11.6 Å². The SMILES string of the molecule is Cn1cnc([N+](=O)[O-])c1N1CCSCC1. The minimum Gasteiger partial charge on any atom is -0.358 e. The number of thioether (sulfide) groups is 1. The molecule has 1 aliphatic rings. The molecule has 1 saturated heterocycles. The van der Waals surface area contributed by atoms with E-state index in [2.05, 4.69) is 4.98 Å². The van der Waals surface area contributed by atoms with Crippen LogP contribution in [0.25, 0.3) is 0 Å². The molecular weight excluding hydrogens is 216 g/mol. The molecule has 7 heteroatoms. The van der Waals surface area contributed by atoms with Crippen molar-refractivity contribution in [1.29, 1.82) is 0 Å². The fraction of sp³-hybridized carbons (Fsp3) is 0.625. The normalized spacial score (nSPS) is 16.7. The van der Waals surface area contributed by atoms with Gasteiger partial charge in [0, 0.05) is 31.6 Å². The quantitative estimate of drug-likeness (QED) is 0.555. The zero-order valence-electron chi connectivity index (χ0n) is 8.42. The highest BCUT2D eigenvalue weighted by Crippen LogP contribution is 2.27. The maximum atomic E-state index is 10.8. The summed E-state index contributed by atoms with van der Waals surface area (Å²) in [5, 5.41) is 10.8. The smallest absolute Gasteiger partial charge is 0.358 e. The monoisotopic (exact) mass is 228 g/mol. The maximum Gasteiger partial charge on any atom is 0.406 e. The minimum atomic E-state index is -0.420. The lowest BCUT2D eigenvalue weighted by Gasteiger charge is -2.27. The number of aromatic nitrogens is 2.